The van der Waals surface area contributed by atoms with Gasteiger partial charge in [0.25, 0.3) is 5.91 Å². The molecule has 1 atom stereocenters. The zero-order valence-corrected chi connectivity index (χ0v) is 14.3. The number of carbonyl (C=O) groups is 1. The maximum absolute atomic E-state index is 12.4. The molecule has 2 aromatic rings. The summed E-state index contributed by atoms with van der Waals surface area (Å²) in [6.07, 6.45) is 2.49. The highest BCUT2D eigenvalue weighted by atomic mass is 16.5. The highest BCUT2D eigenvalue weighted by Crippen LogP contribution is 2.29. The zero-order valence-electron chi connectivity index (χ0n) is 14.3. The van der Waals surface area contributed by atoms with Crippen molar-refractivity contribution < 1.29 is 14.3 Å². The number of hydrogen-bond donors (Lipinski definition) is 2. The molecule has 128 valence electrons. The van der Waals surface area contributed by atoms with Crippen molar-refractivity contribution in [2.24, 2.45) is 0 Å². The van der Waals surface area contributed by atoms with Crippen molar-refractivity contribution in [3.05, 3.63) is 36.2 Å². The Balaban J connectivity index is 2.16. The van der Waals surface area contributed by atoms with Gasteiger partial charge in [-0.25, -0.2) is 9.97 Å². The lowest BCUT2D eigenvalue weighted by atomic mass is 10.2. The van der Waals surface area contributed by atoms with Gasteiger partial charge in [-0.1, -0.05) is 6.92 Å². The van der Waals surface area contributed by atoms with Gasteiger partial charge >= 0.3 is 0 Å². The molecule has 0 bridgehead atoms. The summed E-state index contributed by atoms with van der Waals surface area (Å²) in [6, 6.07) is 6.95. The first-order valence-electron chi connectivity index (χ1n) is 7.70. The Kier molecular flexibility index (Phi) is 5.95. The number of anilines is 2. The van der Waals surface area contributed by atoms with Gasteiger partial charge < -0.3 is 20.1 Å². The van der Waals surface area contributed by atoms with Gasteiger partial charge in [-0.15, -0.1) is 0 Å². The minimum absolute atomic E-state index is 0.227. The van der Waals surface area contributed by atoms with E-state index in [1.807, 2.05) is 6.92 Å². The molecule has 0 aliphatic carbocycles. The SMILES string of the molecule is CCC(C)Nc1nccc(C(=O)Nc2ccc(OC)cc2OC)n1. The van der Waals surface area contributed by atoms with Crippen molar-refractivity contribution in [3.8, 4) is 11.5 Å². The van der Waals surface area contributed by atoms with E-state index in [1.54, 1.807) is 37.6 Å². The highest BCUT2D eigenvalue weighted by Gasteiger charge is 2.13. The number of benzene rings is 1. The van der Waals surface area contributed by atoms with Crippen molar-refractivity contribution in [2.75, 3.05) is 24.9 Å². The molecule has 1 unspecified atom stereocenters. The van der Waals surface area contributed by atoms with E-state index in [4.69, 9.17) is 9.47 Å². The first-order chi connectivity index (χ1) is 11.6. The summed E-state index contributed by atoms with van der Waals surface area (Å²) in [7, 11) is 3.10. The molecule has 7 heteroatoms. The first-order valence-corrected chi connectivity index (χ1v) is 7.70. The van der Waals surface area contributed by atoms with Crippen molar-refractivity contribution in [3.63, 3.8) is 0 Å². The van der Waals surface area contributed by atoms with Gasteiger partial charge in [0.15, 0.2) is 0 Å². The maximum atomic E-state index is 12.4. The molecular weight excluding hydrogens is 308 g/mol. The van der Waals surface area contributed by atoms with Crippen LogP contribution >= 0.6 is 0 Å². The van der Waals surface area contributed by atoms with Crippen LogP contribution in [0.1, 0.15) is 30.8 Å². The van der Waals surface area contributed by atoms with E-state index in [9.17, 15) is 4.79 Å². The number of nitrogens with zero attached hydrogens (tertiary/aromatic N) is 2. The van der Waals surface area contributed by atoms with E-state index in [0.29, 0.717) is 23.1 Å². The molecule has 0 saturated carbocycles. The number of rotatable bonds is 7. The molecule has 2 N–H and O–H groups in total. The summed E-state index contributed by atoms with van der Waals surface area (Å²) in [5, 5.41) is 5.93. The van der Waals surface area contributed by atoms with Crippen LogP contribution in [-0.4, -0.2) is 36.1 Å². The quantitative estimate of drug-likeness (QED) is 0.812. The van der Waals surface area contributed by atoms with Crippen LogP contribution in [0.25, 0.3) is 0 Å². The first kappa shape index (κ1) is 17.5. The number of nitrogens with one attached hydrogen (secondary N) is 2. The Morgan fingerprint density at radius 3 is 2.71 bits per heavy atom. The number of amides is 1. The molecule has 1 aromatic carbocycles. The number of ether oxygens (including phenoxy) is 2. The Labute approximate surface area is 141 Å². The van der Waals surface area contributed by atoms with Gasteiger partial charge in [-0.2, -0.15) is 0 Å². The van der Waals surface area contributed by atoms with Crippen molar-refractivity contribution in [1.29, 1.82) is 0 Å². The van der Waals surface area contributed by atoms with Crippen LogP contribution in [-0.2, 0) is 0 Å². The van der Waals surface area contributed by atoms with Crippen molar-refractivity contribution in [1.82, 2.24) is 9.97 Å². The van der Waals surface area contributed by atoms with Crippen LogP contribution < -0.4 is 20.1 Å². The Bertz CT molecular complexity index is 706. The highest BCUT2D eigenvalue weighted by molar-refractivity contribution is 6.03. The average molecular weight is 330 g/mol. The molecule has 0 spiro atoms. The van der Waals surface area contributed by atoms with Crippen LogP contribution in [0, 0.1) is 0 Å². The molecule has 24 heavy (non-hydrogen) atoms. The molecule has 0 aliphatic heterocycles. The van der Waals surface area contributed by atoms with Gasteiger partial charge in [0, 0.05) is 18.3 Å². The smallest absolute Gasteiger partial charge is 0.274 e. The molecule has 0 aliphatic rings. The van der Waals surface area contributed by atoms with Gasteiger partial charge in [0.2, 0.25) is 5.95 Å². The van der Waals surface area contributed by atoms with Crippen LogP contribution in [0.5, 0.6) is 11.5 Å². The summed E-state index contributed by atoms with van der Waals surface area (Å²) in [5.74, 6) is 1.24. The largest absolute Gasteiger partial charge is 0.497 e. The third-order valence-corrected chi connectivity index (χ3v) is 3.53. The number of aromatic nitrogens is 2. The molecule has 0 fully saturated rings. The summed E-state index contributed by atoms with van der Waals surface area (Å²) in [5.41, 5.74) is 0.812. The van der Waals surface area contributed by atoms with Gasteiger partial charge in [0.05, 0.1) is 19.9 Å². The summed E-state index contributed by atoms with van der Waals surface area (Å²) >= 11 is 0. The normalized spacial score (nSPS) is 11.5. The monoisotopic (exact) mass is 330 g/mol. The molecule has 1 amide bonds. The van der Waals surface area contributed by atoms with Crippen molar-refractivity contribution in [2.45, 2.75) is 26.3 Å². The molecule has 1 aromatic heterocycles. The van der Waals surface area contributed by atoms with Gasteiger partial charge in [-0.05, 0) is 31.5 Å². The van der Waals surface area contributed by atoms with Gasteiger partial charge in [0.1, 0.15) is 17.2 Å². The second-order valence-corrected chi connectivity index (χ2v) is 5.24. The average Bonchev–Trinajstić information content (AvgIpc) is 2.62. The number of methoxy groups -OCH3 is 2. The van der Waals surface area contributed by atoms with E-state index < -0.39 is 0 Å². The predicted octanol–water partition coefficient (Wildman–Crippen LogP) is 2.96. The van der Waals surface area contributed by atoms with E-state index >= 15 is 0 Å². The topological polar surface area (TPSA) is 85.4 Å². The lowest BCUT2D eigenvalue weighted by Crippen LogP contribution is -2.19. The molecule has 1 heterocycles. The Hall–Kier alpha value is -2.83. The molecular formula is C17H22N4O3. The lowest BCUT2D eigenvalue weighted by molar-refractivity contribution is 0.102. The zero-order chi connectivity index (χ0) is 17.5. The van der Waals surface area contributed by atoms with E-state index in [-0.39, 0.29) is 17.6 Å². The van der Waals surface area contributed by atoms with Crippen LogP contribution in [0.4, 0.5) is 11.6 Å². The summed E-state index contributed by atoms with van der Waals surface area (Å²) < 4.78 is 10.4. The second-order valence-electron chi connectivity index (χ2n) is 5.24. The fraction of sp³-hybridized carbons (Fsp3) is 0.353. The Morgan fingerprint density at radius 1 is 1.25 bits per heavy atom. The van der Waals surface area contributed by atoms with Crippen LogP contribution in [0.3, 0.4) is 0 Å². The fourth-order valence-corrected chi connectivity index (χ4v) is 1.97. The van der Waals surface area contributed by atoms with Crippen LogP contribution in [0.15, 0.2) is 30.5 Å². The third kappa shape index (κ3) is 4.34. The van der Waals surface area contributed by atoms with E-state index in [0.717, 1.165) is 6.42 Å². The molecule has 7 nitrogen and oxygen atoms in total. The minimum Gasteiger partial charge on any atom is -0.497 e. The third-order valence-electron chi connectivity index (χ3n) is 3.53. The fourth-order valence-electron chi connectivity index (χ4n) is 1.97. The summed E-state index contributed by atoms with van der Waals surface area (Å²) in [4.78, 5) is 20.8. The summed E-state index contributed by atoms with van der Waals surface area (Å²) in [6.45, 7) is 4.09. The molecule has 0 radical (unpaired) electrons. The number of hydrogen-bond acceptors (Lipinski definition) is 6. The van der Waals surface area contributed by atoms with E-state index in [1.165, 1.54) is 7.11 Å². The molecule has 2 rings (SSSR count). The number of carbonyl (C=O) groups excluding carboxylic acids is 1. The Morgan fingerprint density at radius 2 is 2.04 bits per heavy atom. The second kappa shape index (κ2) is 8.14. The van der Waals surface area contributed by atoms with Gasteiger partial charge in [-0.3, -0.25) is 4.79 Å². The predicted molar refractivity (Wildman–Crippen MR) is 92.9 cm³/mol. The van der Waals surface area contributed by atoms with E-state index in [2.05, 4.69) is 27.5 Å². The lowest BCUT2D eigenvalue weighted by Gasteiger charge is -2.13. The van der Waals surface area contributed by atoms with Crippen LogP contribution in [0.2, 0.25) is 0 Å². The maximum Gasteiger partial charge on any atom is 0.274 e. The minimum atomic E-state index is -0.340. The molecule has 0 saturated heterocycles. The van der Waals surface area contributed by atoms with Crippen molar-refractivity contribution >= 4 is 17.5 Å². The standard InChI is InChI=1S/C17H22N4O3/c1-5-11(2)19-17-18-9-8-14(21-17)16(22)20-13-7-6-12(23-3)10-15(13)24-4/h6-11H,5H2,1-4H3,(H,20,22)(H,18,19,21).